The van der Waals surface area contributed by atoms with E-state index in [2.05, 4.69) is 15.3 Å². The number of alkyl halides is 3. The number of nitrogens with one attached hydrogen (secondary N) is 2. The first-order valence-corrected chi connectivity index (χ1v) is 10.1. The summed E-state index contributed by atoms with van der Waals surface area (Å²) < 4.78 is 47.2. The minimum atomic E-state index is -4.87. The second kappa shape index (κ2) is 12.8. The van der Waals surface area contributed by atoms with Gasteiger partial charge in [0.2, 0.25) is 0 Å². The molecule has 0 saturated heterocycles. The minimum absolute atomic E-state index is 0. The Balaban J connectivity index is 0.00000267. The third-order valence-corrected chi connectivity index (χ3v) is 4.94. The number of anilines is 1. The molecule has 2 heterocycles. The Bertz CT molecular complexity index is 1600. The van der Waals surface area contributed by atoms with Crippen molar-refractivity contribution in [3.63, 3.8) is 0 Å². The van der Waals surface area contributed by atoms with Gasteiger partial charge in [0.25, 0.3) is 5.56 Å². The van der Waals surface area contributed by atoms with Crippen molar-refractivity contribution in [3.8, 4) is 5.69 Å². The van der Waals surface area contributed by atoms with Gasteiger partial charge in [-0.15, -0.1) is 0 Å². The first-order chi connectivity index (χ1) is 17.4. The number of rotatable bonds is 6. The summed E-state index contributed by atoms with van der Waals surface area (Å²) in [5, 5.41) is 24.2. The standard InChI is InChI=1S/C22H14F3N5O7.2Na/c23-22(24,25)13-5-14-15(28-17(20(34)35)18(31)29-14)6-16(13)30-7-12(26-9-30)8-37-21(36)27-11-3-1-10(2-4-11)19(32)33;;/h1-7,9H,8H2,(H,27,36)(H,29,31)(H,32,33)(H,34,35);;/q;2*+1/p-2. The van der Waals surface area contributed by atoms with Gasteiger partial charge in [-0.3, -0.25) is 10.1 Å². The molecule has 2 aromatic carbocycles. The van der Waals surface area contributed by atoms with Crippen LogP contribution in [0.3, 0.4) is 0 Å². The van der Waals surface area contributed by atoms with Crippen molar-refractivity contribution in [2.24, 2.45) is 0 Å². The summed E-state index contributed by atoms with van der Waals surface area (Å²) in [5.41, 5.74) is -4.32. The van der Waals surface area contributed by atoms with Crippen LogP contribution in [0, 0.1) is 0 Å². The first-order valence-electron chi connectivity index (χ1n) is 10.1. The number of nitrogens with zero attached hydrogens (tertiary/aromatic N) is 3. The third-order valence-electron chi connectivity index (χ3n) is 4.94. The quantitative estimate of drug-likeness (QED) is 0.217. The predicted molar refractivity (Wildman–Crippen MR) is 113 cm³/mol. The van der Waals surface area contributed by atoms with Gasteiger partial charge in [0, 0.05) is 11.9 Å². The fourth-order valence-electron chi connectivity index (χ4n) is 3.25. The van der Waals surface area contributed by atoms with Crippen molar-refractivity contribution in [2.75, 3.05) is 5.32 Å². The zero-order valence-corrected chi connectivity index (χ0v) is 24.2. The Morgan fingerprint density at radius 1 is 1.05 bits per heavy atom. The molecular formula is C22H12F3N5Na2O7. The molecule has 0 spiro atoms. The van der Waals surface area contributed by atoms with E-state index >= 15 is 0 Å². The van der Waals surface area contributed by atoms with E-state index in [1.165, 1.54) is 24.3 Å². The second-order valence-corrected chi connectivity index (χ2v) is 7.42. The molecule has 39 heavy (non-hydrogen) atoms. The Labute approximate surface area is 259 Å². The number of carbonyl (C=O) groups is 3. The van der Waals surface area contributed by atoms with E-state index in [0.29, 0.717) is 6.07 Å². The van der Waals surface area contributed by atoms with Gasteiger partial charge in [-0.05, 0) is 29.8 Å². The molecule has 17 heteroatoms. The van der Waals surface area contributed by atoms with Gasteiger partial charge in [-0.1, -0.05) is 12.1 Å². The fraction of sp³-hybridized carbons (Fsp3) is 0.0909. The van der Waals surface area contributed by atoms with Crippen molar-refractivity contribution < 1.29 is 102 Å². The molecule has 0 fully saturated rings. The molecule has 2 N–H and O–H groups in total. The number of hydrogen-bond acceptors (Lipinski definition) is 9. The van der Waals surface area contributed by atoms with Crippen LogP contribution in [0.2, 0.25) is 0 Å². The number of H-pyrrole nitrogens is 1. The fourth-order valence-corrected chi connectivity index (χ4v) is 3.25. The second-order valence-electron chi connectivity index (χ2n) is 7.42. The number of ether oxygens (including phenoxy) is 1. The van der Waals surface area contributed by atoms with E-state index in [1.54, 1.807) is 0 Å². The number of hydrogen-bond donors (Lipinski definition) is 2. The number of fused-ring (bicyclic) bond motifs is 1. The number of carboxylic acids is 2. The molecule has 0 saturated carbocycles. The number of carbonyl (C=O) groups excluding carboxylic acids is 3. The molecule has 0 radical (unpaired) electrons. The molecule has 0 atom stereocenters. The number of aromatic nitrogens is 4. The molecule has 0 aliphatic carbocycles. The van der Waals surface area contributed by atoms with Crippen LogP contribution < -0.4 is 80.2 Å². The Hall–Kier alpha value is -3.21. The number of imidazole rings is 1. The normalized spacial score (nSPS) is 10.7. The number of amides is 1. The van der Waals surface area contributed by atoms with Gasteiger partial charge in [0.1, 0.15) is 6.61 Å². The van der Waals surface area contributed by atoms with Gasteiger partial charge < -0.3 is 34.1 Å². The summed E-state index contributed by atoms with van der Waals surface area (Å²) in [7, 11) is 0. The maximum absolute atomic E-state index is 13.7. The molecule has 12 nitrogen and oxygen atoms in total. The van der Waals surface area contributed by atoms with Gasteiger partial charge in [-0.2, -0.15) is 13.2 Å². The molecule has 0 unspecified atom stereocenters. The zero-order valence-electron chi connectivity index (χ0n) is 20.2. The van der Waals surface area contributed by atoms with Crippen molar-refractivity contribution in [2.45, 2.75) is 12.8 Å². The average molecular weight is 561 g/mol. The third kappa shape index (κ3) is 7.46. The average Bonchev–Trinajstić information content (AvgIpc) is 3.30. The maximum Gasteiger partial charge on any atom is 1.00 e. The van der Waals surface area contributed by atoms with Crippen molar-refractivity contribution in [1.29, 1.82) is 0 Å². The molecule has 0 aliphatic rings. The summed E-state index contributed by atoms with van der Waals surface area (Å²) in [6.07, 6.45) is -3.67. The Morgan fingerprint density at radius 3 is 2.31 bits per heavy atom. The molecule has 2 aromatic heterocycles. The molecule has 0 aliphatic heterocycles. The molecule has 4 aromatic rings. The summed E-state index contributed by atoms with van der Waals surface area (Å²) in [6.45, 7) is -0.439. The summed E-state index contributed by atoms with van der Waals surface area (Å²) in [4.78, 5) is 55.1. The van der Waals surface area contributed by atoms with Gasteiger partial charge >= 0.3 is 71.4 Å². The topological polar surface area (TPSA) is 182 Å². The number of halogens is 3. The van der Waals surface area contributed by atoms with E-state index < -0.39 is 53.3 Å². The van der Waals surface area contributed by atoms with Gasteiger partial charge in [0.05, 0.1) is 46.2 Å². The minimum Gasteiger partial charge on any atom is -0.545 e. The summed E-state index contributed by atoms with van der Waals surface area (Å²) in [6, 6.07) is 6.52. The largest absolute Gasteiger partial charge is 1.00 e. The smallest absolute Gasteiger partial charge is 0.545 e. The summed E-state index contributed by atoms with van der Waals surface area (Å²) in [5.74, 6) is -3.30. The maximum atomic E-state index is 13.7. The van der Waals surface area contributed by atoms with E-state index in [4.69, 9.17) is 4.74 Å². The Morgan fingerprint density at radius 2 is 1.72 bits per heavy atom. The van der Waals surface area contributed by atoms with Crippen molar-refractivity contribution in [3.05, 3.63) is 81.8 Å². The van der Waals surface area contributed by atoms with E-state index in [9.17, 15) is 42.6 Å². The van der Waals surface area contributed by atoms with Crippen LogP contribution >= 0.6 is 0 Å². The molecule has 4 rings (SSSR count). The van der Waals surface area contributed by atoms with Crippen LogP contribution in [0.25, 0.3) is 16.7 Å². The van der Waals surface area contributed by atoms with Crippen LogP contribution in [-0.4, -0.2) is 37.6 Å². The number of aromatic amines is 1. The first kappa shape index (κ1) is 32.0. The van der Waals surface area contributed by atoms with E-state index in [0.717, 1.165) is 23.2 Å². The van der Waals surface area contributed by atoms with E-state index in [-0.39, 0.29) is 87.1 Å². The van der Waals surface area contributed by atoms with Crippen LogP contribution in [0.15, 0.2) is 53.7 Å². The summed E-state index contributed by atoms with van der Waals surface area (Å²) >= 11 is 0. The van der Waals surface area contributed by atoms with Crippen LogP contribution in [0.1, 0.15) is 32.1 Å². The molecule has 190 valence electrons. The van der Waals surface area contributed by atoms with Gasteiger partial charge in [-0.25, -0.2) is 14.8 Å². The van der Waals surface area contributed by atoms with Crippen LogP contribution in [0.4, 0.5) is 23.7 Å². The number of carboxylic acid groups (broad SMARTS) is 2. The number of aromatic carboxylic acids is 2. The van der Waals surface area contributed by atoms with Crippen LogP contribution in [0.5, 0.6) is 0 Å². The molecule has 0 bridgehead atoms. The molecular weight excluding hydrogens is 549 g/mol. The van der Waals surface area contributed by atoms with Crippen molar-refractivity contribution >= 4 is 34.8 Å². The van der Waals surface area contributed by atoms with E-state index in [1.807, 2.05) is 4.98 Å². The predicted octanol–water partition coefficient (Wildman–Crippen LogP) is -5.39. The zero-order chi connectivity index (χ0) is 26.9. The molecule has 1 amide bonds. The SMILES string of the molecule is O=C(Nc1ccc(C(=O)[O-])cc1)OCc1cn(-c2cc3nc(C(=O)[O-])c(=O)[nH]c3cc2C(F)(F)F)cn1.[Na+].[Na+]. The van der Waals surface area contributed by atoms with Crippen LogP contribution in [-0.2, 0) is 17.5 Å². The Kier molecular flexibility index (Phi) is 10.5. The van der Waals surface area contributed by atoms with Crippen molar-refractivity contribution in [1.82, 2.24) is 19.5 Å². The monoisotopic (exact) mass is 561 g/mol. The van der Waals surface area contributed by atoms with Gasteiger partial charge in [0.15, 0.2) is 5.69 Å². The number of benzene rings is 2.